The van der Waals surface area contributed by atoms with E-state index in [0.29, 0.717) is 0 Å². The molecule has 0 saturated carbocycles. The highest BCUT2D eigenvalue weighted by atomic mass is 79.9. The predicted molar refractivity (Wildman–Crippen MR) is 73.6 cm³/mol. The highest BCUT2D eigenvalue weighted by Crippen LogP contribution is 2.26. The van der Waals surface area contributed by atoms with Gasteiger partial charge in [0.1, 0.15) is 6.04 Å². The second-order valence-corrected chi connectivity index (χ2v) is 5.49. The maximum atomic E-state index is 11.7. The molecule has 16 heavy (non-hydrogen) atoms. The van der Waals surface area contributed by atoms with Crippen molar-refractivity contribution in [3.05, 3.63) is 27.1 Å². The molecule has 3 nitrogen and oxygen atoms in total. The number of hydrogen-bond donors (Lipinski definition) is 1. The molecule has 88 valence electrons. The molecule has 0 heterocycles. The molecular formula is C11H14Br2N2O. The van der Waals surface area contributed by atoms with E-state index in [1.54, 1.807) is 19.0 Å². The zero-order chi connectivity index (χ0) is 12.3. The summed E-state index contributed by atoms with van der Waals surface area (Å²) in [5, 5.41) is 3.16. The number of likely N-dealkylation sites (N-methyl/N-ethyl adjacent to an activating group) is 1. The summed E-state index contributed by atoms with van der Waals surface area (Å²) < 4.78 is 1.93. The summed E-state index contributed by atoms with van der Waals surface area (Å²) in [6, 6.07) is 5.55. The van der Waals surface area contributed by atoms with Gasteiger partial charge in [-0.3, -0.25) is 4.79 Å². The lowest BCUT2D eigenvalue weighted by Gasteiger charge is -2.19. The molecule has 5 heteroatoms. The van der Waals surface area contributed by atoms with Crippen LogP contribution in [0.3, 0.4) is 0 Å². The number of nitrogens with zero attached hydrogens (tertiary/aromatic N) is 1. The van der Waals surface area contributed by atoms with E-state index in [1.807, 2.05) is 25.1 Å². The van der Waals surface area contributed by atoms with Gasteiger partial charge in [-0.15, -0.1) is 0 Å². The van der Waals surface area contributed by atoms with Crippen LogP contribution < -0.4 is 5.32 Å². The lowest BCUT2D eigenvalue weighted by atomic mass is 10.2. The molecule has 0 aromatic heterocycles. The first kappa shape index (κ1) is 13.5. The third-order valence-corrected chi connectivity index (χ3v) is 3.26. The Kier molecular flexibility index (Phi) is 4.80. The number of carbonyl (C=O) groups excluding carboxylic acids is 1. The summed E-state index contributed by atoms with van der Waals surface area (Å²) in [7, 11) is 3.49. The molecule has 0 spiro atoms. The molecule has 1 aromatic rings. The molecule has 0 radical (unpaired) electrons. The average Bonchev–Trinajstić information content (AvgIpc) is 2.20. The summed E-state index contributed by atoms with van der Waals surface area (Å²) in [4.78, 5) is 13.2. The number of anilines is 1. The Hall–Kier alpha value is -0.550. The van der Waals surface area contributed by atoms with Gasteiger partial charge >= 0.3 is 0 Å². The van der Waals surface area contributed by atoms with Crippen LogP contribution in [0, 0.1) is 0 Å². The molecule has 1 N–H and O–H groups in total. The van der Waals surface area contributed by atoms with Crippen molar-refractivity contribution in [3.8, 4) is 0 Å². The molecular weight excluding hydrogens is 336 g/mol. The van der Waals surface area contributed by atoms with Crippen LogP contribution in [0.5, 0.6) is 0 Å². The quantitative estimate of drug-likeness (QED) is 0.909. The predicted octanol–water partition coefficient (Wildman–Crippen LogP) is 3.10. The number of rotatable bonds is 3. The van der Waals surface area contributed by atoms with Gasteiger partial charge in [-0.1, -0.05) is 15.9 Å². The first-order valence-electron chi connectivity index (χ1n) is 4.84. The van der Waals surface area contributed by atoms with Crippen molar-refractivity contribution in [2.75, 3.05) is 19.4 Å². The summed E-state index contributed by atoms with van der Waals surface area (Å²) in [5.74, 6) is 0.0508. The van der Waals surface area contributed by atoms with Crippen molar-refractivity contribution < 1.29 is 4.79 Å². The highest BCUT2D eigenvalue weighted by molar-refractivity contribution is 9.11. The number of hydrogen-bond acceptors (Lipinski definition) is 2. The van der Waals surface area contributed by atoms with Crippen molar-refractivity contribution in [1.29, 1.82) is 0 Å². The van der Waals surface area contributed by atoms with Gasteiger partial charge in [0.25, 0.3) is 0 Å². The van der Waals surface area contributed by atoms with Crippen molar-refractivity contribution >= 4 is 43.5 Å². The van der Waals surface area contributed by atoms with Crippen LogP contribution in [0.25, 0.3) is 0 Å². The van der Waals surface area contributed by atoms with Crippen LogP contribution in [0.15, 0.2) is 27.1 Å². The lowest BCUT2D eigenvalue weighted by molar-refractivity contribution is -0.129. The molecule has 1 atom stereocenters. The SMILES string of the molecule is CC(Nc1ccc(Br)cc1Br)C(=O)N(C)C. The van der Waals surface area contributed by atoms with Gasteiger partial charge < -0.3 is 10.2 Å². The molecule has 0 fully saturated rings. The Morgan fingerprint density at radius 2 is 2.00 bits per heavy atom. The summed E-state index contributed by atoms with van der Waals surface area (Å²) in [6.45, 7) is 1.84. The molecule has 1 amide bonds. The van der Waals surface area contributed by atoms with Crippen LogP contribution >= 0.6 is 31.9 Å². The zero-order valence-corrected chi connectivity index (χ0v) is 12.6. The minimum atomic E-state index is -0.243. The van der Waals surface area contributed by atoms with Crippen molar-refractivity contribution in [2.24, 2.45) is 0 Å². The lowest BCUT2D eigenvalue weighted by Crippen LogP contribution is -2.36. The van der Waals surface area contributed by atoms with E-state index in [9.17, 15) is 4.79 Å². The normalized spacial score (nSPS) is 12.1. The average molecular weight is 350 g/mol. The van der Waals surface area contributed by atoms with E-state index in [-0.39, 0.29) is 11.9 Å². The van der Waals surface area contributed by atoms with E-state index >= 15 is 0 Å². The third kappa shape index (κ3) is 3.49. The fourth-order valence-corrected chi connectivity index (χ4v) is 2.45. The maximum absolute atomic E-state index is 11.7. The first-order valence-corrected chi connectivity index (χ1v) is 6.43. The van der Waals surface area contributed by atoms with Gasteiger partial charge in [0.15, 0.2) is 0 Å². The fraction of sp³-hybridized carbons (Fsp3) is 0.364. The Morgan fingerprint density at radius 1 is 1.38 bits per heavy atom. The van der Waals surface area contributed by atoms with Crippen molar-refractivity contribution in [1.82, 2.24) is 4.90 Å². The molecule has 0 aliphatic rings. The standard InChI is InChI=1S/C11H14Br2N2O/c1-7(11(16)15(2)3)14-10-5-4-8(12)6-9(10)13/h4-7,14H,1-3H3. The maximum Gasteiger partial charge on any atom is 0.244 e. The Balaban J connectivity index is 2.77. The summed E-state index contributed by atoms with van der Waals surface area (Å²) >= 11 is 6.83. The largest absolute Gasteiger partial charge is 0.373 e. The Morgan fingerprint density at radius 3 is 2.50 bits per heavy atom. The zero-order valence-electron chi connectivity index (χ0n) is 9.42. The smallest absolute Gasteiger partial charge is 0.244 e. The number of nitrogens with one attached hydrogen (secondary N) is 1. The van der Waals surface area contributed by atoms with Gasteiger partial charge in [0, 0.05) is 28.7 Å². The van der Waals surface area contributed by atoms with Crippen LogP contribution in [-0.2, 0) is 4.79 Å². The summed E-state index contributed by atoms with van der Waals surface area (Å²) in [6.07, 6.45) is 0. The minimum Gasteiger partial charge on any atom is -0.373 e. The van der Waals surface area contributed by atoms with Gasteiger partial charge in [0.05, 0.1) is 0 Å². The van der Waals surface area contributed by atoms with E-state index in [1.165, 1.54) is 0 Å². The Labute approximate surface area is 112 Å². The van der Waals surface area contributed by atoms with Crippen LogP contribution in [-0.4, -0.2) is 30.9 Å². The van der Waals surface area contributed by atoms with E-state index in [2.05, 4.69) is 37.2 Å². The van der Waals surface area contributed by atoms with E-state index in [0.717, 1.165) is 14.6 Å². The Bertz CT molecular complexity index is 394. The number of halogens is 2. The van der Waals surface area contributed by atoms with E-state index in [4.69, 9.17) is 0 Å². The van der Waals surface area contributed by atoms with Crippen LogP contribution in [0.4, 0.5) is 5.69 Å². The number of amides is 1. The van der Waals surface area contributed by atoms with Crippen molar-refractivity contribution in [3.63, 3.8) is 0 Å². The van der Waals surface area contributed by atoms with Gasteiger partial charge in [0.2, 0.25) is 5.91 Å². The van der Waals surface area contributed by atoms with Gasteiger partial charge in [-0.25, -0.2) is 0 Å². The fourth-order valence-electron chi connectivity index (χ4n) is 1.29. The third-order valence-electron chi connectivity index (χ3n) is 2.11. The number of carbonyl (C=O) groups is 1. The molecule has 0 aliphatic carbocycles. The molecule has 1 unspecified atom stereocenters. The summed E-state index contributed by atoms with van der Waals surface area (Å²) in [5.41, 5.74) is 0.908. The number of benzene rings is 1. The first-order chi connectivity index (χ1) is 7.41. The van der Waals surface area contributed by atoms with E-state index < -0.39 is 0 Å². The van der Waals surface area contributed by atoms with Crippen LogP contribution in [0.2, 0.25) is 0 Å². The van der Waals surface area contributed by atoms with Gasteiger partial charge in [-0.2, -0.15) is 0 Å². The van der Waals surface area contributed by atoms with Crippen molar-refractivity contribution in [2.45, 2.75) is 13.0 Å². The second-order valence-electron chi connectivity index (χ2n) is 3.72. The van der Waals surface area contributed by atoms with Crippen LogP contribution in [0.1, 0.15) is 6.92 Å². The molecule has 0 bridgehead atoms. The molecule has 1 aromatic carbocycles. The highest BCUT2D eigenvalue weighted by Gasteiger charge is 2.15. The second kappa shape index (κ2) is 5.68. The monoisotopic (exact) mass is 348 g/mol. The minimum absolute atomic E-state index is 0.0508. The molecule has 0 aliphatic heterocycles. The topological polar surface area (TPSA) is 32.3 Å². The van der Waals surface area contributed by atoms with Gasteiger partial charge in [-0.05, 0) is 41.1 Å². The molecule has 0 saturated heterocycles. The molecule has 1 rings (SSSR count).